The molecule has 6 nitrogen and oxygen atoms in total. The Bertz CT molecular complexity index is 693. The third-order valence-corrected chi connectivity index (χ3v) is 5.73. The summed E-state index contributed by atoms with van der Waals surface area (Å²) in [7, 11) is 0. The molecule has 1 atom stereocenters. The predicted molar refractivity (Wildman–Crippen MR) is 103 cm³/mol. The molecular weight excluding hydrogens is 342 g/mol. The third kappa shape index (κ3) is 4.87. The molecule has 0 aromatic heterocycles. The summed E-state index contributed by atoms with van der Waals surface area (Å²) in [6, 6.07) is 7.70. The largest absolute Gasteiger partial charge is 0.354 e. The number of rotatable bonds is 5. The number of hydrogen-bond acceptors (Lipinski definition) is 3. The first-order valence-electron chi connectivity index (χ1n) is 9.82. The predicted octanol–water partition coefficient (Wildman–Crippen LogP) is 1.86. The highest BCUT2D eigenvalue weighted by atomic mass is 16.2. The lowest BCUT2D eigenvalue weighted by Crippen LogP contribution is -2.46. The van der Waals surface area contributed by atoms with Gasteiger partial charge >= 0.3 is 0 Å². The highest BCUT2D eigenvalue weighted by Crippen LogP contribution is 2.22. The summed E-state index contributed by atoms with van der Waals surface area (Å²) in [4.78, 5) is 39.9. The fraction of sp³-hybridized carbons (Fsp3) is 0.571. The van der Waals surface area contributed by atoms with Gasteiger partial charge in [0, 0.05) is 39.5 Å². The van der Waals surface area contributed by atoms with E-state index in [1.807, 2.05) is 36.1 Å². The van der Waals surface area contributed by atoms with E-state index in [1.165, 1.54) is 5.56 Å². The molecule has 1 aromatic carbocycles. The molecule has 2 aliphatic rings. The molecule has 2 heterocycles. The van der Waals surface area contributed by atoms with Gasteiger partial charge < -0.3 is 15.1 Å². The van der Waals surface area contributed by atoms with Crippen LogP contribution in [-0.2, 0) is 20.9 Å². The summed E-state index contributed by atoms with van der Waals surface area (Å²) in [5.41, 5.74) is 2.22. The molecule has 3 rings (SSSR count). The smallest absolute Gasteiger partial charge is 0.242 e. The van der Waals surface area contributed by atoms with E-state index >= 15 is 0 Å². The van der Waals surface area contributed by atoms with Crippen LogP contribution in [0.5, 0.6) is 0 Å². The Hall–Kier alpha value is -2.37. The maximum Gasteiger partial charge on any atom is 0.242 e. The summed E-state index contributed by atoms with van der Waals surface area (Å²) in [5.74, 6) is 0.508. The van der Waals surface area contributed by atoms with Gasteiger partial charge in [-0.25, -0.2) is 0 Å². The summed E-state index contributed by atoms with van der Waals surface area (Å²) in [6.45, 7) is 6.25. The van der Waals surface area contributed by atoms with Crippen molar-refractivity contribution < 1.29 is 14.4 Å². The molecule has 1 aromatic rings. The summed E-state index contributed by atoms with van der Waals surface area (Å²) >= 11 is 0. The second-order valence-electron chi connectivity index (χ2n) is 7.76. The average Bonchev–Trinajstić information content (AvgIpc) is 3.02. The molecule has 27 heavy (non-hydrogen) atoms. The van der Waals surface area contributed by atoms with Crippen molar-refractivity contribution in [3.05, 3.63) is 35.4 Å². The van der Waals surface area contributed by atoms with E-state index in [0.29, 0.717) is 31.8 Å². The first kappa shape index (κ1) is 19.4. The zero-order chi connectivity index (χ0) is 19.4. The van der Waals surface area contributed by atoms with Gasteiger partial charge in [0.05, 0.1) is 0 Å². The fourth-order valence-electron chi connectivity index (χ4n) is 3.91. The van der Waals surface area contributed by atoms with Crippen molar-refractivity contribution in [2.75, 3.05) is 19.6 Å². The van der Waals surface area contributed by atoms with Gasteiger partial charge in [-0.1, -0.05) is 29.8 Å². The molecule has 2 aliphatic heterocycles. The van der Waals surface area contributed by atoms with Crippen molar-refractivity contribution in [2.45, 2.75) is 52.1 Å². The second kappa shape index (κ2) is 8.55. The molecule has 0 spiro atoms. The number of benzene rings is 1. The highest BCUT2D eigenvalue weighted by molar-refractivity contribution is 5.90. The van der Waals surface area contributed by atoms with Gasteiger partial charge in [-0.15, -0.1) is 0 Å². The molecule has 0 aliphatic carbocycles. The lowest BCUT2D eigenvalue weighted by Gasteiger charge is -2.32. The lowest BCUT2D eigenvalue weighted by molar-refractivity contribution is -0.136. The zero-order valence-electron chi connectivity index (χ0n) is 16.2. The van der Waals surface area contributed by atoms with Crippen LogP contribution in [0, 0.1) is 12.8 Å². The molecule has 0 saturated carbocycles. The Morgan fingerprint density at radius 2 is 1.78 bits per heavy atom. The topological polar surface area (TPSA) is 69.7 Å². The molecule has 1 N–H and O–H groups in total. The van der Waals surface area contributed by atoms with Crippen molar-refractivity contribution in [1.29, 1.82) is 0 Å². The van der Waals surface area contributed by atoms with Gasteiger partial charge in [0.15, 0.2) is 0 Å². The van der Waals surface area contributed by atoms with Gasteiger partial charge in [-0.05, 0) is 37.7 Å². The van der Waals surface area contributed by atoms with Crippen LogP contribution in [0.15, 0.2) is 24.3 Å². The minimum atomic E-state index is -0.379. The van der Waals surface area contributed by atoms with Gasteiger partial charge in [-0.2, -0.15) is 0 Å². The normalized spacial score (nSPS) is 20.8. The average molecular weight is 371 g/mol. The molecule has 146 valence electrons. The number of piperidine rings is 1. The SMILES string of the molecule is CC(=O)N1CCC(CNC(=O)C2CCC(=O)N2Cc2ccc(C)cc2)CC1. The maximum atomic E-state index is 12.7. The Morgan fingerprint density at radius 3 is 2.41 bits per heavy atom. The monoisotopic (exact) mass is 371 g/mol. The first-order chi connectivity index (χ1) is 12.9. The molecule has 0 bridgehead atoms. The van der Waals surface area contributed by atoms with Crippen LogP contribution in [0.25, 0.3) is 0 Å². The van der Waals surface area contributed by atoms with E-state index < -0.39 is 0 Å². The van der Waals surface area contributed by atoms with Crippen molar-refractivity contribution in [1.82, 2.24) is 15.1 Å². The van der Waals surface area contributed by atoms with Gasteiger partial charge in [0.1, 0.15) is 6.04 Å². The number of nitrogens with zero attached hydrogens (tertiary/aromatic N) is 2. The van der Waals surface area contributed by atoms with Crippen LogP contribution >= 0.6 is 0 Å². The van der Waals surface area contributed by atoms with E-state index in [4.69, 9.17) is 0 Å². The lowest BCUT2D eigenvalue weighted by atomic mass is 9.96. The minimum Gasteiger partial charge on any atom is -0.354 e. The Labute approximate surface area is 160 Å². The Morgan fingerprint density at radius 1 is 1.11 bits per heavy atom. The van der Waals surface area contributed by atoms with Gasteiger partial charge in [0.25, 0.3) is 0 Å². The maximum absolute atomic E-state index is 12.7. The van der Waals surface area contributed by atoms with Gasteiger partial charge in [-0.3, -0.25) is 14.4 Å². The van der Waals surface area contributed by atoms with Crippen LogP contribution in [0.1, 0.15) is 43.7 Å². The van der Waals surface area contributed by atoms with Crippen molar-refractivity contribution >= 4 is 17.7 Å². The number of carbonyl (C=O) groups is 3. The number of amides is 3. The van der Waals surface area contributed by atoms with Crippen LogP contribution < -0.4 is 5.32 Å². The van der Waals surface area contributed by atoms with E-state index in [-0.39, 0.29) is 23.8 Å². The summed E-state index contributed by atoms with van der Waals surface area (Å²) in [5, 5.41) is 3.05. The van der Waals surface area contributed by atoms with Crippen LogP contribution in [0.3, 0.4) is 0 Å². The number of likely N-dealkylation sites (tertiary alicyclic amines) is 2. The number of aryl methyl sites for hydroxylation is 1. The van der Waals surface area contributed by atoms with Crippen LogP contribution in [0.4, 0.5) is 0 Å². The number of carbonyl (C=O) groups excluding carboxylic acids is 3. The van der Waals surface area contributed by atoms with E-state index in [2.05, 4.69) is 5.32 Å². The van der Waals surface area contributed by atoms with E-state index in [9.17, 15) is 14.4 Å². The van der Waals surface area contributed by atoms with Crippen LogP contribution in [0.2, 0.25) is 0 Å². The second-order valence-corrected chi connectivity index (χ2v) is 7.76. The zero-order valence-corrected chi connectivity index (χ0v) is 16.2. The highest BCUT2D eigenvalue weighted by Gasteiger charge is 2.36. The molecule has 2 saturated heterocycles. The molecule has 3 amide bonds. The first-order valence-corrected chi connectivity index (χ1v) is 9.82. The fourth-order valence-corrected chi connectivity index (χ4v) is 3.91. The number of nitrogens with one attached hydrogen (secondary N) is 1. The third-order valence-electron chi connectivity index (χ3n) is 5.73. The minimum absolute atomic E-state index is 0.0468. The quantitative estimate of drug-likeness (QED) is 0.859. The van der Waals surface area contributed by atoms with Crippen molar-refractivity contribution in [2.24, 2.45) is 5.92 Å². The Kier molecular flexibility index (Phi) is 6.14. The summed E-state index contributed by atoms with van der Waals surface area (Å²) < 4.78 is 0. The number of hydrogen-bond donors (Lipinski definition) is 1. The molecule has 2 fully saturated rings. The summed E-state index contributed by atoms with van der Waals surface area (Å²) in [6.07, 6.45) is 2.84. The Balaban J connectivity index is 1.51. The van der Waals surface area contributed by atoms with E-state index in [0.717, 1.165) is 31.5 Å². The van der Waals surface area contributed by atoms with Crippen molar-refractivity contribution in [3.63, 3.8) is 0 Å². The van der Waals surface area contributed by atoms with Crippen LogP contribution in [-0.4, -0.2) is 53.2 Å². The molecule has 0 radical (unpaired) electrons. The van der Waals surface area contributed by atoms with Crippen molar-refractivity contribution in [3.8, 4) is 0 Å². The standard InChI is InChI=1S/C21H29N3O3/c1-15-3-5-18(6-4-15)14-24-19(7-8-20(24)26)21(27)22-13-17-9-11-23(12-10-17)16(2)25/h3-6,17,19H,7-14H2,1-2H3,(H,22,27). The molecule has 6 heteroatoms. The molecule has 1 unspecified atom stereocenters. The van der Waals surface area contributed by atoms with Gasteiger partial charge in [0.2, 0.25) is 17.7 Å². The van der Waals surface area contributed by atoms with E-state index in [1.54, 1.807) is 11.8 Å². The molecular formula is C21H29N3O3.